The fourth-order valence-corrected chi connectivity index (χ4v) is 5.41. The largest absolute Gasteiger partial charge is 0.772 e. The molecule has 0 fully saturated rings. The molecule has 0 amide bonds. The van der Waals surface area contributed by atoms with Gasteiger partial charge in [0, 0.05) is 15.9 Å². The number of hydrogen-bond acceptors (Lipinski definition) is 5. The van der Waals surface area contributed by atoms with Crippen molar-refractivity contribution in [3.05, 3.63) is 29.3 Å². The van der Waals surface area contributed by atoms with Crippen molar-refractivity contribution in [3.63, 3.8) is 0 Å². The van der Waals surface area contributed by atoms with Crippen LogP contribution in [-0.4, -0.2) is 28.3 Å². The maximum atomic E-state index is 11.8. The third-order valence-electron chi connectivity index (χ3n) is 5.69. The summed E-state index contributed by atoms with van der Waals surface area (Å²) in [6.45, 7) is 2.22. The zero-order valence-electron chi connectivity index (χ0n) is 18.9. The Morgan fingerprint density at radius 1 is 0.969 bits per heavy atom. The number of aromatic carboxylic acids is 1. The van der Waals surface area contributed by atoms with Gasteiger partial charge in [-0.15, -0.1) is 0 Å². The van der Waals surface area contributed by atoms with Crippen LogP contribution in [0, 0.1) is 0 Å². The van der Waals surface area contributed by atoms with E-state index in [-0.39, 0.29) is 16.0 Å². The number of carbonyl (C=O) groups is 1. The van der Waals surface area contributed by atoms with E-state index in [0.717, 1.165) is 31.4 Å². The van der Waals surface area contributed by atoms with Crippen LogP contribution in [0.4, 0.5) is 0 Å². The Kier molecular flexibility index (Phi) is 14.4. The SMILES string of the molecule is CCCCCCCCCCCCCCCC(c1ccc(S(=O)(=O)Cl)cc1C(=O)O)S(=O)[O-]. The van der Waals surface area contributed by atoms with Crippen LogP contribution < -0.4 is 0 Å². The van der Waals surface area contributed by atoms with Gasteiger partial charge in [-0.3, -0.25) is 4.21 Å². The lowest BCUT2D eigenvalue weighted by atomic mass is 9.99. The van der Waals surface area contributed by atoms with E-state index >= 15 is 0 Å². The van der Waals surface area contributed by atoms with Crippen molar-refractivity contribution in [2.75, 3.05) is 0 Å². The maximum absolute atomic E-state index is 11.8. The van der Waals surface area contributed by atoms with Crippen LogP contribution in [0.3, 0.4) is 0 Å². The van der Waals surface area contributed by atoms with Crippen LogP contribution in [0.2, 0.25) is 0 Å². The van der Waals surface area contributed by atoms with E-state index in [4.69, 9.17) is 10.7 Å². The van der Waals surface area contributed by atoms with Gasteiger partial charge < -0.3 is 9.66 Å². The topological polar surface area (TPSA) is 112 Å². The molecule has 0 spiro atoms. The molecular formula is C23H36ClO6S2-. The smallest absolute Gasteiger partial charge is 0.336 e. The van der Waals surface area contributed by atoms with Crippen molar-refractivity contribution in [3.8, 4) is 0 Å². The molecule has 32 heavy (non-hydrogen) atoms. The van der Waals surface area contributed by atoms with E-state index in [1.165, 1.54) is 63.9 Å². The Hall–Kier alpha value is -0.960. The van der Waals surface area contributed by atoms with Crippen LogP contribution in [0.15, 0.2) is 23.1 Å². The van der Waals surface area contributed by atoms with Crippen molar-refractivity contribution >= 4 is 36.8 Å². The first-order valence-corrected chi connectivity index (χ1v) is 15.0. The van der Waals surface area contributed by atoms with E-state index in [0.29, 0.717) is 12.8 Å². The minimum absolute atomic E-state index is 0.0915. The maximum Gasteiger partial charge on any atom is 0.336 e. The summed E-state index contributed by atoms with van der Waals surface area (Å²) in [6.07, 6.45) is 15.6. The molecule has 0 saturated carbocycles. The number of benzene rings is 1. The Balaban J connectivity index is 2.43. The van der Waals surface area contributed by atoms with Crippen LogP contribution in [0.1, 0.15) is 118 Å². The molecule has 1 aromatic carbocycles. The molecule has 184 valence electrons. The molecule has 1 rings (SSSR count). The first-order chi connectivity index (χ1) is 15.2. The highest BCUT2D eigenvalue weighted by molar-refractivity contribution is 8.13. The monoisotopic (exact) mass is 507 g/mol. The van der Waals surface area contributed by atoms with Gasteiger partial charge in [0.2, 0.25) is 0 Å². The molecule has 2 unspecified atom stereocenters. The summed E-state index contributed by atoms with van der Waals surface area (Å²) in [7, 11) is 1.18. The molecule has 0 radical (unpaired) electrons. The zero-order chi connectivity index (χ0) is 24.0. The van der Waals surface area contributed by atoms with Gasteiger partial charge in [0.1, 0.15) is 0 Å². The molecule has 0 aliphatic heterocycles. The van der Waals surface area contributed by atoms with Gasteiger partial charge in [0.25, 0.3) is 9.05 Å². The normalized spacial score (nSPS) is 13.7. The van der Waals surface area contributed by atoms with Gasteiger partial charge in [0.05, 0.1) is 10.5 Å². The highest BCUT2D eigenvalue weighted by Crippen LogP contribution is 2.31. The van der Waals surface area contributed by atoms with Gasteiger partial charge in [-0.2, -0.15) is 0 Å². The van der Waals surface area contributed by atoms with Crippen LogP contribution in [0.25, 0.3) is 0 Å². The van der Waals surface area contributed by atoms with Crippen molar-refractivity contribution in [2.24, 2.45) is 0 Å². The van der Waals surface area contributed by atoms with Gasteiger partial charge in [0.15, 0.2) is 0 Å². The number of carboxylic acid groups (broad SMARTS) is 1. The lowest BCUT2D eigenvalue weighted by Crippen LogP contribution is -2.13. The number of unbranched alkanes of at least 4 members (excludes halogenated alkanes) is 12. The predicted molar refractivity (Wildman–Crippen MR) is 128 cm³/mol. The second-order valence-electron chi connectivity index (χ2n) is 8.27. The Morgan fingerprint density at radius 2 is 1.44 bits per heavy atom. The highest BCUT2D eigenvalue weighted by Gasteiger charge is 2.23. The Morgan fingerprint density at radius 3 is 1.84 bits per heavy atom. The van der Waals surface area contributed by atoms with Gasteiger partial charge >= 0.3 is 5.97 Å². The summed E-state index contributed by atoms with van der Waals surface area (Å²) in [4.78, 5) is 11.2. The third-order valence-corrected chi connectivity index (χ3v) is 7.99. The molecule has 0 aliphatic carbocycles. The molecule has 0 saturated heterocycles. The first kappa shape index (κ1) is 29.1. The number of carboxylic acids is 1. The quantitative estimate of drug-likeness (QED) is 0.134. The van der Waals surface area contributed by atoms with Gasteiger partial charge in [-0.05, 0) is 35.2 Å². The highest BCUT2D eigenvalue weighted by atomic mass is 35.7. The molecule has 0 aromatic heterocycles. The molecule has 1 aromatic rings. The fraction of sp³-hybridized carbons (Fsp3) is 0.696. The zero-order valence-corrected chi connectivity index (χ0v) is 21.3. The summed E-state index contributed by atoms with van der Waals surface area (Å²) in [6, 6.07) is 3.30. The second kappa shape index (κ2) is 15.8. The molecule has 0 aliphatic rings. The summed E-state index contributed by atoms with van der Waals surface area (Å²) in [5.41, 5.74) is -0.260. The Labute approximate surface area is 199 Å². The van der Waals surface area contributed by atoms with E-state index in [1.807, 2.05) is 0 Å². The predicted octanol–water partition coefficient (Wildman–Crippen LogP) is 6.71. The van der Waals surface area contributed by atoms with Crippen molar-refractivity contribution in [1.29, 1.82) is 0 Å². The molecule has 1 N–H and O–H groups in total. The average molecular weight is 508 g/mol. The summed E-state index contributed by atoms with van der Waals surface area (Å²) in [5.74, 6) is -1.39. The molecule has 0 bridgehead atoms. The fourth-order valence-electron chi connectivity index (χ4n) is 3.86. The minimum Gasteiger partial charge on any atom is -0.772 e. The number of halogens is 1. The van der Waals surface area contributed by atoms with E-state index < -0.39 is 31.4 Å². The summed E-state index contributed by atoms with van der Waals surface area (Å²) in [5, 5.41) is 8.43. The lowest BCUT2D eigenvalue weighted by Gasteiger charge is -2.22. The summed E-state index contributed by atoms with van der Waals surface area (Å²) < 4.78 is 46.5. The molecule has 2 atom stereocenters. The van der Waals surface area contributed by atoms with Crippen LogP contribution in [0.5, 0.6) is 0 Å². The molecule has 0 heterocycles. The molecule has 9 heteroatoms. The molecular weight excluding hydrogens is 472 g/mol. The van der Waals surface area contributed by atoms with Crippen LogP contribution >= 0.6 is 10.7 Å². The number of hydrogen-bond donors (Lipinski definition) is 1. The van der Waals surface area contributed by atoms with Crippen molar-refractivity contribution in [1.82, 2.24) is 0 Å². The minimum atomic E-state index is -4.11. The Bertz CT molecular complexity index is 826. The number of rotatable bonds is 18. The average Bonchev–Trinajstić information content (AvgIpc) is 2.72. The standard InChI is InChI=1S/C23H37ClO6S2/c1-2-3-4-5-6-7-8-9-10-11-12-13-14-15-22(31(27)28)20-17-16-19(32(24,29)30)18-21(20)23(25)26/h16-18,22H,2-15H2,1H3,(H,25,26)(H,27,28)/p-1. The summed E-state index contributed by atoms with van der Waals surface area (Å²) >= 11 is -2.52. The van der Waals surface area contributed by atoms with Crippen molar-refractivity contribution in [2.45, 2.75) is 107 Å². The van der Waals surface area contributed by atoms with E-state index in [1.54, 1.807) is 0 Å². The first-order valence-electron chi connectivity index (χ1n) is 11.6. The molecule has 6 nitrogen and oxygen atoms in total. The second-order valence-corrected chi connectivity index (χ2v) is 11.9. The third kappa shape index (κ3) is 11.3. The van der Waals surface area contributed by atoms with Gasteiger partial charge in [-0.25, -0.2) is 13.2 Å². The van der Waals surface area contributed by atoms with Crippen LogP contribution in [-0.2, 0) is 20.1 Å². The van der Waals surface area contributed by atoms with Gasteiger partial charge in [-0.1, -0.05) is 96.5 Å². The lowest BCUT2D eigenvalue weighted by molar-refractivity contribution is 0.0695. The van der Waals surface area contributed by atoms with Crippen molar-refractivity contribution < 1.29 is 27.1 Å². The van der Waals surface area contributed by atoms with E-state index in [2.05, 4.69) is 6.92 Å². The van der Waals surface area contributed by atoms with E-state index in [9.17, 15) is 27.1 Å².